The van der Waals surface area contributed by atoms with E-state index in [4.69, 9.17) is 5.10 Å². The van der Waals surface area contributed by atoms with Crippen molar-refractivity contribution in [2.45, 2.75) is 52.0 Å². The Labute approximate surface area is 217 Å². The highest BCUT2D eigenvalue weighted by molar-refractivity contribution is 6.20. The number of benzene rings is 1. The second kappa shape index (κ2) is 8.98. The summed E-state index contributed by atoms with van der Waals surface area (Å²) >= 11 is 0. The summed E-state index contributed by atoms with van der Waals surface area (Å²) in [6.45, 7) is 6.42. The van der Waals surface area contributed by atoms with E-state index < -0.39 is 11.4 Å². The Bertz CT molecular complexity index is 1310. The molecule has 7 heteroatoms. The summed E-state index contributed by atoms with van der Waals surface area (Å²) in [6, 6.07) is 3.73. The lowest BCUT2D eigenvalue weighted by Gasteiger charge is -2.42. The lowest BCUT2D eigenvalue weighted by atomic mass is 9.70. The molecule has 0 saturated heterocycles. The zero-order valence-corrected chi connectivity index (χ0v) is 21.9. The van der Waals surface area contributed by atoms with Gasteiger partial charge in [0.1, 0.15) is 5.82 Å². The number of aliphatic carboxylic acids is 1. The minimum absolute atomic E-state index is 0.231. The largest absolute Gasteiger partial charge is 0.481 e. The molecule has 1 aromatic carbocycles. The SMILES string of the molecule is CN1C=C2C(=C(C3=CCN(C4CCC(C(C)(C)C(=O)O)CC4)CC3)C1)NN=C1C=Cc3cc(F)cc2c31. The van der Waals surface area contributed by atoms with Gasteiger partial charge in [-0.1, -0.05) is 12.2 Å². The van der Waals surface area contributed by atoms with Gasteiger partial charge in [-0.25, -0.2) is 4.39 Å². The number of nitrogens with one attached hydrogen (secondary N) is 1. The molecule has 2 aliphatic carbocycles. The molecule has 0 radical (unpaired) electrons. The van der Waals surface area contributed by atoms with Gasteiger partial charge < -0.3 is 10.0 Å². The van der Waals surface area contributed by atoms with Crippen LogP contribution in [0.15, 0.2) is 52.4 Å². The maximum Gasteiger partial charge on any atom is 0.309 e. The summed E-state index contributed by atoms with van der Waals surface area (Å²) in [5.41, 5.74) is 10.9. The maximum absolute atomic E-state index is 14.6. The van der Waals surface area contributed by atoms with E-state index in [-0.39, 0.29) is 11.7 Å². The molecule has 1 fully saturated rings. The first-order valence-electron chi connectivity index (χ1n) is 13.4. The van der Waals surface area contributed by atoms with E-state index in [2.05, 4.69) is 34.5 Å². The average Bonchev–Trinajstić information content (AvgIpc) is 3.22. The summed E-state index contributed by atoms with van der Waals surface area (Å²) in [5.74, 6) is -0.673. The molecular weight excluding hydrogens is 467 g/mol. The molecule has 37 heavy (non-hydrogen) atoms. The third kappa shape index (κ3) is 4.13. The van der Waals surface area contributed by atoms with E-state index in [1.807, 2.05) is 26.0 Å². The van der Waals surface area contributed by atoms with Crippen LogP contribution in [-0.2, 0) is 4.79 Å². The molecule has 3 aliphatic heterocycles. The second-order valence-corrected chi connectivity index (χ2v) is 11.7. The van der Waals surface area contributed by atoms with E-state index in [9.17, 15) is 14.3 Å². The molecule has 0 atom stereocenters. The lowest BCUT2D eigenvalue weighted by molar-refractivity contribution is -0.151. The Morgan fingerprint density at radius 1 is 1.19 bits per heavy atom. The van der Waals surface area contributed by atoms with Crippen LogP contribution in [0.1, 0.15) is 62.6 Å². The van der Waals surface area contributed by atoms with Crippen molar-refractivity contribution < 1.29 is 14.3 Å². The van der Waals surface area contributed by atoms with Gasteiger partial charge in [-0.05, 0) is 86.8 Å². The highest BCUT2D eigenvalue weighted by atomic mass is 19.1. The third-order valence-electron chi connectivity index (χ3n) is 9.13. The van der Waals surface area contributed by atoms with Gasteiger partial charge in [0.15, 0.2) is 0 Å². The molecule has 0 bridgehead atoms. The van der Waals surface area contributed by atoms with Gasteiger partial charge in [-0.15, -0.1) is 0 Å². The van der Waals surface area contributed by atoms with Crippen molar-refractivity contribution in [3.8, 4) is 0 Å². The molecule has 2 N–H and O–H groups in total. The van der Waals surface area contributed by atoms with Gasteiger partial charge in [-0.3, -0.25) is 15.1 Å². The lowest BCUT2D eigenvalue weighted by Crippen LogP contribution is -2.44. The summed E-state index contributed by atoms with van der Waals surface area (Å²) in [6.07, 6.45) is 13.4. The molecule has 0 aromatic heterocycles. The smallest absolute Gasteiger partial charge is 0.309 e. The maximum atomic E-state index is 14.6. The Morgan fingerprint density at radius 3 is 2.68 bits per heavy atom. The van der Waals surface area contributed by atoms with Crippen molar-refractivity contribution in [2.75, 3.05) is 26.7 Å². The summed E-state index contributed by atoms with van der Waals surface area (Å²) in [5, 5.41) is 14.3. The van der Waals surface area contributed by atoms with Gasteiger partial charge in [0.2, 0.25) is 0 Å². The van der Waals surface area contributed by atoms with E-state index in [0.29, 0.717) is 6.04 Å². The van der Waals surface area contributed by atoms with Crippen LogP contribution in [0.4, 0.5) is 4.39 Å². The topological polar surface area (TPSA) is 68.2 Å². The molecule has 6 nitrogen and oxygen atoms in total. The van der Waals surface area contributed by atoms with E-state index in [1.54, 1.807) is 12.1 Å². The number of allylic oxidation sites excluding steroid dienone is 2. The molecule has 1 aromatic rings. The molecule has 3 heterocycles. The number of likely N-dealkylation sites (N-methyl/N-ethyl adjacent to an activating group) is 1. The predicted octanol–water partition coefficient (Wildman–Crippen LogP) is 5.00. The fourth-order valence-electron chi connectivity index (χ4n) is 6.76. The van der Waals surface area contributed by atoms with E-state index >= 15 is 0 Å². The second-order valence-electron chi connectivity index (χ2n) is 11.7. The van der Waals surface area contributed by atoms with Crippen LogP contribution >= 0.6 is 0 Å². The average molecular weight is 503 g/mol. The molecule has 0 unspecified atom stereocenters. The quantitative estimate of drug-likeness (QED) is 0.607. The molecule has 1 saturated carbocycles. The minimum atomic E-state index is -0.686. The Morgan fingerprint density at radius 2 is 1.97 bits per heavy atom. The molecular formula is C30H35FN4O2. The number of halogens is 1. The first-order chi connectivity index (χ1) is 17.7. The number of carboxylic acids is 1. The first kappa shape index (κ1) is 24.2. The normalized spacial score (nSPS) is 25.5. The van der Waals surface area contributed by atoms with Crippen molar-refractivity contribution in [1.29, 1.82) is 0 Å². The van der Waals surface area contributed by atoms with Crippen LogP contribution in [-0.4, -0.2) is 59.3 Å². The van der Waals surface area contributed by atoms with Gasteiger partial charge >= 0.3 is 5.97 Å². The predicted molar refractivity (Wildman–Crippen MR) is 144 cm³/mol. The van der Waals surface area contributed by atoms with Crippen LogP contribution in [0.2, 0.25) is 0 Å². The number of hydrazone groups is 1. The number of carbonyl (C=O) groups is 1. The number of hydrogen-bond donors (Lipinski definition) is 2. The standard InChI is InChI=1S/C30H35FN4O2/c1-30(2,29(36)37)20-5-7-22(8-6-20)35-12-10-18(11-13-35)24-16-34(3)17-25-23-15-21(31)14-19-4-9-26(27(19)23)32-33-28(24)25/h4,9-10,14-15,17,20,22,33H,5-8,11-13,16H2,1-3H3,(H,36,37). The monoisotopic (exact) mass is 502 g/mol. The molecule has 6 rings (SSSR count). The van der Waals surface area contributed by atoms with Gasteiger partial charge in [0.05, 0.1) is 16.8 Å². The number of rotatable bonds is 4. The highest BCUT2D eigenvalue weighted by Crippen LogP contribution is 2.42. The summed E-state index contributed by atoms with van der Waals surface area (Å²) in [4.78, 5) is 16.4. The molecule has 0 spiro atoms. The minimum Gasteiger partial charge on any atom is -0.481 e. The number of carboxylic acid groups (broad SMARTS) is 1. The third-order valence-corrected chi connectivity index (χ3v) is 9.13. The van der Waals surface area contributed by atoms with Gasteiger partial charge in [-0.2, -0.15) is 5.10 Å². The van der Waals surface area contributed by atoms with Gasteiger partial charge in [0.25, 0.3) is 0 Å². The van der Waals surface area contributed by atoms with Gasteiger partial charge in [0, 0.05) is 55.6 Å². The van der Waals surface area contributed by atoms with Crippen LogP contribution in [0.3, 0.4) is 0 Å². The zero-order valence-electron chi connectivity index (χ0n) is 21.9. The van der Waals surface area contributed by atoms with Crippen molar-refractivity contribution in [3.05, 3.63) is 69.8 Å². The highest BCUT2D eigenvalue weighted by Gasteiger charge is 2.40. The van der Waals surface area contributed by atoms with Crippen LogP contribution in [0.25, 0.3) is 11.6 Å². The van der Waals surface area contributed by atoms with Crippen molar-refractivity contribution in [3.63, 3.8) is 0 Å². The van der Waals surface area contributed by atoms with Crippen molar-refractivity contribution in [2.24, 2.45) is 16.4 Å². The Balaban J connectivity index is 1.23. The molecule has 194 valence electrons. The van der Waals surface area contributed by atoms with Crippen LogP contribution in [0, 0.1) is 17.2 Å². The van der Waals surface area contributed by atoms with E-state index in [1.165, 1.54) is 11.1 Å². The van der Waals surface area contributed by atoms with Crippen LogP contribution < -0.4 is 5.43 Å². The van der Waals surface area contributed by atoms with Crippen molar-refractivity contribution in [1.82, 2.24) is 15.2 Å². The summed E-state index contributed by atoms with van der Waals surface area (Å²) in [7, 11) is 2.07. The van der Waals surface area contributed by atoms with Crippen molar-refractivity contribution >= 4 is 23.3 Å². The molecule has 5 aliphatic rings. The summed E-state index contributed by atoms with van der Waals surface area (Å²) < 4.78 is 14.6. The number of hydrogen-bond acceptors (Lipinski definition) is 5. The fourth-order valence-corrected chi connectivity index (χ4v) is 6.76. The number of nitrogens with zero attached hydrogens (tertiary/aromatic N) is 3. The Hall–Kier alpha value is -3.19. The van der Waals surface area contributed by atoms with E-state index in [0.717, 1.165) is 85.4 Å². The first-order valence-corrected chi connectivity index (χ1v) is 13.4. The number of fused-ring (bicyclic) bond motifs is 2. The Kier molecular flexibility index (Phi) is 5.86. The van der Waals surface area contributed by atoms with Crippen LogP contribution in [0.5, 0.6) is 0 Å². The fraction of sp³-hybridized carbons (Fsp3) is 0.467. The zero-order chi connectivity index (χ0) is 25.9. The molecule has 0 amide bonds.